The predicted molar refractivity (Wildman–Crippen MR) is 89.8 cm³/mol. The van der Waals surface area contributed by atoms with Crippen molar-refractivity contribution in [2.45, 2.75) is 25.0 Å². The zero-order chi connectivity index (χ0) is 16.7. The number of amides is 1. The third-order valence-corrected chi connectivity index (χ3v) is 3.82. The molecule has 2 N–H and O–H groups in total. The molecule has 0 aliphatic carbocycles. The van der Waals surface area contributed by atoms with Crippen LogP contribution in [0.25, 0.3) is 0 Å². The monoisotopic (exact) mass is 313 g/mol. The van der Waals surface area contributed by atoms with Crippen LogP contribution in [0.2, 0.25) is 0 Å². The second kappa shape index (κ2) is 7.90. The van der Waals surface area contributed by atoms with E-state index in [0.29, 0.717) is 6.61 Å². The summed E-state index contributed by atoms with van der Waals surface area (Å²) in [5, 5.41) is 13.2. The number of carbonyl (C=O) groups excluding carboxylic acids is 1. The molecule has 23 heavy (non-hydrogen) atoms. The molecular formula is C19H23NO3. The predicted octanol–water partition coefficient (Wildman–Crippen LogP) is 2.79. The third-order valence-electron chi connectivity index (χ3n) is 3.82. The zero-order valence-electron chi connectivity index (χ0n) is 13.5. The largest absolute Gasteiger partial charge is 0.388 e. The van der Waals surface area contributed by atoms with Gasteiger partial charge in [-0.3, -0.25) is 4.79 Å². The molecule has 2 aromatic rings. The van der Waals surface area contributed by atoms with Crippen LogP contribution in [0.4, 0.5) is 0 Å². The van der Waals surface area contributed by atoms with Crippen molar-refractivity contribution in [3.05, 3.63) is 71.8 Å². The Morgan fingerprint density at radius 1 is 1.13 bits per heavy atom. The highest BCUT2D eigenvalue weighted by atomic mass is 16.5. The summed E-state index contributed by atoms with van der Waals surface area (Å²) < 4.78 is 5.27. The van der Waals surface area contributed by atoms with Crippen LogP contribution < -0.4 is 5.32 Å². The van der Waals surface area contributed by atoms with Crippen LogP contribution in [0.1, 0.15) is 30.6 Å². The second-order valence-corrected chi connectivity index (χ2v) is 5.81. The van der Waals surface area contributed by atoms with Gasteiger partial charge in [-0.05, 0) is 18.1 Å². The molecule has 1 amide bonds. The van der Waals surface area contributed by atoms with Gasteiger partial charge in [-0.25, -0.2) is 0 Å². The van der Waals surface area contributed by atoms with E-state index >= 15 is 0 Å². The lowest BCUT2D eigenvalue weighted by molar-refractivity contribution is -0.125. The normalized spacial score (nSPS) is 14.7. The zero-order valence-corrected chi connectivity index (χ0v) is 13.5. The number of benzene rings is 2. The quantitative estimate of drug-likeness (QED) is 0.826. The van der Waals surface area contributed by atoms with Crippen molar-refractivity contribution in [1.82, 2.24) is 5.32 Å². The van der Waals surface area contributed by atoms with Gasteiger partial charge >= 0.3 is 0 Å². The minimum absolute atomic E-state index is 0.0101. The van der Waals surface area contributed by atoms with Crippen LogP contribution in [0.3, 0.4) is 0 Å². The molecule has 0 heterocycles. The Kier molecular flexibility index (Phi) is 5.90. The van der Waals surface area contributed by atoms with Gasteiger partial charge in [0.15, 0.2) is 0 Å². The van der Waals surface area contributed by atoms with Gasteiger partial charge in [-0.2, -0.15) is 0 Å². The third kappa shape index (κ3) is 4.65. The molecule has 0 bridgehead atoms. The molecule has 4 heteroatoms. The van der Waals surface area contributed by atoms with Gasteiger partial charge in [0.25, 0.3) is 0 Å². The van der Waals surface area contributed by atoms with Gasteiger partial charge in [-0.1, -0.05) is 60.7 Å². The van der Waals surface area contributed by atoms with Crippen molar-refractivity contribution in [2.24, 2.45) is 0 Å². The maximum atomic E-state index is 12.4. The lowest BCUT2D eigenvalue weighted by Crippen LogP contribution is -2.47. The number of ether oxygens (including phenoxy) is 1. The SMILES string of the molecule is COCC(C)(NC(=O)CC(O)c1ccccc1)c1ccccc1. The fourth-order valence-corrected chi connectivity index (χ4v) is 2.61. The van der Waals surface area contributed by atoms with Crippen LogP contribution in [-0.2, 0) is 15.1 Å². The van der Waals surface area contributed by atoms with Crippen molar-refractivity contribution >= 4 is 5.91 Å². The van der Waals surface area contributed by atoms with E-state index in [1.165, 1.54) is 0 Å². The first-order chi connectivity index (χ1) is 11.0. The maximum absolute atomic E-state index is 12.4. The number of methoxy groups -OCH3 is 1. The summed E-state index contributed by atoms with van der Waals surface area (Å²) in [6.07, 6.45) is -0.811. The molecule has 2 unspecified atom stereocenters. The van der Waals surface area contributed by atoms with E-state index in [9.17, 15) is 9.90 Å². The highest BCUT2D eigenvalue weighted by molar-refractivity contribution is 5.77. The molecule has 0 radical (unpaired) electrons. The van der Waals surface area contributed by atoms with E-state index in [2.05, 4.69) is 5.32 Å². The molecule has 4 nitrogen and oxygen atoms in total. The Morgan fingerprint density at radius 2 is 1.70 bits per heavy atom. The summed E-state index contributed by atoms with van der Waals surface area (Å²) in [7, 11) is 1.60. The number of nitrogens with one attached hydrogen (secondary N) is 1. The van der Waals surface area contributed by atoms with Gasteiger partial charge in [0.05, 0.1) is 24.7 Å². The Hall–Kier alpha value is -2.17. The fourth-order valence-electron chi connectivity index (χ4n) is 2.61. The van der Waals surface area contributed by atoms with E-state index in [0.717, 1.165) is 11.1 Å². The molecule has 122 valence electrons. The smallest absolute Gasteiger partial charge is 0.223 e. The van der Waals surface area contributed by atoms with Crippen LogP contribution in [0.5, 0.6) is 0 Å². The van der Waals surface area contributed by atoms with Crippen molar-refractivity contribution < 1.29 is 14.6 Å². The van der Waals surface area contributed by atoms with Crippen LogP contribution >= 0.6 is 0 Å². The number of aliphatic hydroxyl groups is 1. The minimum atomic E-state index is -0.821. The van der Waals surface area contributed by atoms with Crippen molar-refractivity contribution in [2.75, 3.05) is 13.7 Å². The van der Waals surface area contributed by atoms with Gasteiger partial charge in [0, 0.05) is 7.11 Å². The standard InChI is InChI=1S/C19H23NO3/c1-19(14-23-2,16-11-7-4-8-12-16)20-18(22)13-17(21)15-9-5-3-6-10-15/h3-12,17,21H,13-14H2,1-2H3,(H,20,22). The molecule has 0 saturated carbocycles. The molecule has 0 aliphatic rings. The highest BCUT2D eigenvalue weighted by Gasteiger charge is 2.29. The molecule has 0 aliphatic heterocycles. The lowest BCUT2D eigenvalue weighted by Gasteiger charge is -2.31. The first kappa shape index (κ1) is 17.2. The summed E-state index contributed by atoms with van der Waals surface area (Å²) in [5.74, 6) is -0.218. The van der Waals surface area contributed by atoms with Crippen molar-refractivity contribution in [3.63, 3.8) is 0 Å². The summed E-state index contributed by atoms with van der Waals surface area (Å²) in [6.45, 7) is 2.27. The summed E-state index contributed by atoms with van der Waals surface area (Å²) >= 11 is 0. The summed E-state index contributed by atoms with van der Waals surface area (Å²) in [4.78, 5) is 12.4. The van der Waals surface area contributed by atoms with Gasteiger partial charge < -0.3 is 15.2 Å². The fraction of sp³-hybridized carbons (Fsp3) is 0.316. The van der Waals surface area contributed by atoms with Gasteiger partial charge in [-0.15, -0.1) is 0 Å². The Balaban J connectivity index is 2.07. The Bertz CT molecular complexity index is 615. The molecule has 2 aromatic carbocycles. The molecule has 0 aromatic heterocycles. The Morgan fingerprint density at radius 3 is 2.26 bits per heavy atom. The lowest BCUT2D eigenvalue weighted by atomic mass is 9.92. The van der Waals surface area contributed by atoms with Crippen LogP contribution in [-0.4, -0.2) is 24.7 Å². The van der Waals surface area contributed by atoms with Gasteiger partial charge in [0.2, 0.25) is 5.91 Å². The van der Waals surface area contributed by atoms with E-state index in [-0.39, 0.29) is 12.3 Å². The number of hydrogen-bond acceptors (Lipinski definition) is 3. The van der Waals surface area contributed by atoms with E-state index < -0.39 is 11.6 Å². The van der Waals surface area contributed by atoms with E-state index in [1.54, 1.807) is 7.11 Å². The molecule has 2 rings (SSSR count). The highest BCUT2D eigenvalue weighted by Crippen LogP contribution is 2.22. The number of carbonyl (C=O) groups is 1. The average Bonchev–Trinajstić information content (AvgIpc) is 2.56. The van der Waals surface area contributed by atoms with Crippen molar-refractivity contribution in [1.29, 1.82) is 0 Å². The van der Waals surface area contributed by atoms with Gasteiger partial charge in [0.1, 0.15) is 0 Å². The molecule has 0 spiro atoms. The summed E-state index contributed by atoms with van der Waals surface area (Å²) in [6, 6.07) is 18.9. The first-order valence-corrected chi connectivity index (χ1v) is 7.63. The number of aliphatic hydroxyl groups excluding tert-OH is 1. The molecule has 2 atom stereocenters. The van der Waals surface area contributed by atoms with Crippen LogP contribution in [0, 0.1) is 0 Å². The number of hydrogen-bond donors (Lipinski definition) is 2. The summed E-state index contributed by atoms with van der Waals surface area (Å²) in [5.41, 5.74) is 1.06. The first-order valence-electron chi connectivity index (χ1n) is 7.63. The molecule has 0 saturated heterocycles. The average molecular weight is 313 g/mol. The Labute approximate surface area is 137 Å². The number of rotatable bonds is 7. The van der Waals surface area contributed by atoms with Crippen LogP contribution in [0.15, 0.2) is 60.7 Å². The minimum Gasteiger partial charge on any atom is -0.388 e. The second-order valence-electron chi connectivity index (χ2n) is 5.81. The topological polar surface area (TPSA) is 58.6 Å². The maximum Gasteiger partial charge on any atom is 0.223 e. The van der Waals surface area contributed by atoms with Crippen molar-refractivity contribution in [3.8, 4) is 0 Å². The molecular weight excluding hydrogens is 290 g/mol. The van der Waals surface area contributed by atoms with E-state index in [1.807, 2.05) is 67.6 Å². The van der Waals surface area contributed by atoms with E-state index in [4.69, 9.17) is 4.74 Å². The molecule has 0 fully saturated rings.